The molecule has 132 valence electrons. The third-order valence-corrected chi connectivity index (χ3v) is 5.15. The maximum atomic E-state index is 12.3. The average Bonchev–Trinajstić information content (AvgIpc) is 3.14. The molecule has 2 N–H and O–H groups in total. The Hall–Kier alpha value is -2.92. The first kappa shape index (κ1) is 17.9. The van der Waals surface area contributed by atoms with Gasteiger partial charge in [-0.05, 0) is 54.8 Å². The third kappa shape index (κ3) is 4.37. The van der Waals surface area contributed by atoms with Crippen LogP contribution in [0.25, 0.3) is 10.4 Å². The van der Waals surface area contributed by atoms with Crippen molar-refractivity contribution in [2.45, 2.75) is 13.3 Å². The summed E-state index contributed by atoms with van der Waals surface area (Å²) in [6, 6.07) is 18.1. The van der Waals surface area contributed by atoms with Crippen molar-refractivity contribution in [1.29, 1.82) is 0 Å². The summed E-state index contributed by atoms with van der Waals surface area (Å²) in [4.78, 5) is 25.4. The number of phenolic OH excluding ortho intramolecular Hbond substituents is 1. The van der Waals surface area contributed by atoms with Crippen molar-refractivity contribution in [1.82, 2.24) is 5.32 Å². The maximum absolute atomic E-state index is 12.3. The fourth-order valence-corrected chi connectivity index (χ4v) is 3.50. The highest BCUT2D eigenvalue weighted by Gasteiger charge is 2.11. The highest BCUT2D eigenvalue weighted by Crippen LogP contribution is 2.28. The summed E-state index contributed by atoms with van der Waals surface area (Å²) in [5.74, 6) is 0.149. The molecule has 4 nitrogen and oxygen atoms in total. The number of ketones is 1. The SMILES string of the molecule is CC(=O)c1cccc(-c2ccc(C(=O)NCCc3ccc(O)cc3)s2)c1. The third-order valence-electron chi connectivity index (χ3n) is 4.02. The molecule has 0 atom stereocenters. The number of aromatic hydroxyl groups is 1. The second-order valence-corrected chi connectivity index (χ2v) is 7.06. The van der Waals surface area contributed by atoms with E-state index in [2.05, 4.69) is 5.32 Å². The molecule has 0 radical (unpaired) electrons. The van der Waals surface area contributed by atoms with E-state index in [0.717, 1.165) is 16.0 Å². The number of carbonyl (C=O) groups is 2. The molecule has 3 aromatic rings. The molecule has 26 heavy (non-hydrogen) atoms. The zero-order chi connectivity index (χ0) is 18.5. The Morgan fingerprint density at radius 2 is 1.81 bits per heavy atom. The second-order valence-electron chi connectivity index (χ2n) is 5.97. The molecule has 0 saturated carbocycles. The molecular weight excluding hydrogens is 346 g/mol. The standard InChI is InChI=1S/C21H19NO3S/c1-14(23)16-3-2-4-17(13-16)19-9-10-20(26-19)21(25)22-12-11-15-5-7-18(24)8-6-15/h2-10,13,24H,11-12H2,1H3,(H,22,25). The molecule has 0 saturated heterocycles. The summed E-state index contributed by atoms with van der Waals surface area (Å²) in [7, 11) is 0. The summed E-state index contributed by atoms with van der Waals surface area (Å²) in [5, 5.41) is 12.2. The van der Waals surface area contributed by atoms with Gasteiger partial charge in [-0.25, -0.2) is 0 Å². The fraction of sp³-hybridized carbons (Fsp3) is 0.143. The van der Waals surface area contributed by atoms with E-state index in [1.165, 1.54) is 11.3 Å². The van der Waals surface area contributed by atoms with Crippen molar-refractivity contribution in [2.75, 3.05) is 6.54 Å². The van der Waals surface area contributed by atoms with Crippen molar-refractivity contribution in [2.24, 2.45) is 0 Å². The van der Waals surface area contributed by atoms with E-state index in [1.807, 2.05) is 36.4 Å². The Bertz CT molecular complexity index is 928. The average molecular weight is 365 g/mol. The van der Waals surface area contributed by atoms with Crippen molar-refractivity contribution < 1.29 is 14.7 Å². The summed E-state index contributed by atoms with van der Waals surface area (Å²) in [6.45, 7) is 2.07. The Balaban J connectivity index is 1.62. The van der Waals surface area contributed by atoms with Gasteiger partial charge in [0.05, 0.1) is 4.88 Å². The van der Waals surface area contributed by atoms with Crippen molar-refractivity contribution in [3.63, 3.8) is 0 Å². The van der Waals surface area contributed by atoms with Gasteiger partial charge in [0, 0.05) is 17.0 Å². The van der Waals surface area contributed by atoms with Gasteiger partial charge in [0.2, 0.25) is 0 Å². The van der Waals surface area contributed by atoms with Gasteiger partial charge in [-0.15, -0.1) is 11.3 Å². The summed E-state index contributed by atoms with van der Waals surface area (Å²) in [6.07, 6.45) is 0.699. The maximum Gasteiger partial charge on any atom is 0.261 e. The van der Waals surface area contributed by atoms with Gasteiger partial charge in [0.1, 0.15) is 5.75 Å². The van der Waals surface area contributed by atoms with Crippen LogP contribution < -0.4 is 5.32 Å². The molecule has 0 spiro atoms. The largest absolute Gasteiger partial charge is 0.508 e. The summed E-state index contributed by atoms with van der Waals surface area (Å²) in [5.41, 5.74) is 2.65. The van der Waals surface area contributed by atoms with E-state index >= 15 is 0 Å². The van der Waals surface area contributed by atoms with E-state index < -0.39 is 0 Å². The van der Waals surface area contributed by atoms with E-state index in [-0.39, 0.29) is 17.4 Å². The zero-order valence-corrected chi connectivity index (χ0v) is 15.2. The normalized spacial score (nSPS) is 10.5. The molecule has 0 aliphatic carbocycles. The number of carbonyl (C=O) groups excluding carboxylic acids is 2. The van der Waals surface area contributed by atoms with Crippen LogP contribution in [-0.2, 0) is 6.42 Å². The lowest BCUT2D eigenvalue weighted by atomic mass is 10.1. The highest BCUT2D eigenvalue weighted by molar-refractivity contribution is 7.17. The quantitative estimate of drug-likeness (QED) is 0.640. The molecule has 0 aliphatic heterocycles. The Kier molecular flexibility index (Phi) is 5.49. The Labute approximate surface area is 156 Å². The molecule has 0 fully saturated rings. The minimum Gasteiger partial charge on any atom is -0.508 e. The van der Waals surface area contributed by atoms with Gasteiger partial charge < -0.3 is 10.4 Å². The number of phenols is 1. The predicted molar refractivity (Wildman–Crippen MR) is 104 cm³/mol. The first-order valence-corrected chi connectivity index (χ1v) is 9.12. The van der Waals surface area contributed by atoms with Crippen molar-refractivity contribution >= 4 is 23.0 Å². The lowest BCUT2D eigenvalue weighted by molar-refractivity contribution is 0.0957. The zero-order valence-electron chi connectivity index (χ0n) is 14.4. The van der Waals surface area contributed by atoms with Crippen LogP contribution in [0.2, 0.25) is 0 Å². The molecular formula is C21H19NO3S. The van der Waals surface area contributed by atoms with Crippen LogP contribution in [-0.4, -0.2) is 23.3 Å². The molecule has 1 amide bonds. The molecule has 5 heteroatoms. The number of thiophene rings is 1. The van der Waals surface area contributed by atoms with E-state index in [4.69, 9.17) is 0 Å². The molecule has 0 aliphatic rings. The van der Waals surface area contributed by atoms with Gasteiger partial charge >= 0.3 is 0 Å². The van der Waals surface area contributed by atoms with E-state index in [9.17, 15) is 14.7 Å². The van der Waals surface area contributed by atoms with Crippen molar-refractivity contribution in [3.8, 4) is 16.2 Å². The molecule has 2 aromatic carbocycles. The first-order chi connectivity index (χ1) is 12.5. The minimum atomic E-state index is -0.109. The van der Waals surface area contributed by atoms with Gasteiger partial charge in [0.25, 0.3) is 5.91 Å². The fourth-order valence-electron chi connectivity index (χ4n) is 2.58. The van der Waals surface area contributed by atoms with E-state index in [0.29, 0.717) is 23.4 Å². The van der Waals surface area contributed by atoms with Crippen LogP contribution in [0, 0.1) is 0 Å². The molecule has 0 unspecified atom stereocenters. The van der Waals surface area contributed by atoms with Crippen LogP contribution in [0.4, 0.5) is 0 Å². The van der Waals surface area contributed by atoms with Gasteiger partial charge in [-0.1, -0.05) is 30.3 Å². The topological polar surface area (TPSA) is 66.4 Å². The van der Waals surface area contributed by atoms with Gasteiger partial charge in [0.15, 0.2) is 5.78 Å². The Morgan fingerprint density at radius 3 is 2.54 bits per heavy atom. The number of rotatable bonds is 6. The van der Waals surface area contributed by atoms with Gasteiger partial charge in [-0.3, -0.25) is 9.59 Å². The number of nitrogens with one attached hydrogen (secondary N) is 1. The smallest absolute Gasteiger partial charge is 0.261 e. The molecule has 1 heterocycles. The molecule has 0 bridgehead atoms. The number of benzene rings is 2. The second kappa shape index (κ2) is 7.97. The Morgan fingerprint density at radius 1 is 1.04 bits per heavy atom. The van der Waals surface area contributed by atoms with Crippen LogP contribution in [0.5, 0.6) is 5.75 Å². The monoisotopic (exact) mass is 365 g/mol. The van der Waals surface area contributed by atoms with Crippen LogP contribution >= 0.6 is 11.3 Å². The highest BCUT2D eigenvalue weighted by atomic mass is 32.1. The van der Waals surface area contributed by atoms with Crippen molar-refractivity contribution in [3.05, 3.63) is 76.7 Å². The summed E-state index contributed by atoms with van der Waals surface area (Å²) >= 11 is 1.41. The number of amides is 1. The lowest BCUT2D eigenvalue weighted by Crippen LogP contribution is -2.24. The van der Waals surface area contributed by atoms with Crippen LogP contribution in [0.1, 0.15) is 32.5 Å². The minimum absolute atomic E-state index is 0.0237. The lowest BCUT2D eigenvalue weighted by Gasteiger charge is -2.04. The number of hydrogen-bond donors (Lipinski definition) is 2. The van der Waals surface area contributed by atoms with E-state index in [1.54, 1.807) is 31.2 Å². The van der Waals surface area contributed by atoms with Gasteiger partial charge in [-0.2, -0.15) is 0 Å². The molecule has 1 aromatic heterocycles. The predicted octanol–water partition coefficient (Wildman–Crippen LogP) is 4.30. The van der Waals surface area contributed by atoms with Crippen LogP contribution in [0.15, 0.2) is 60.7 Å². The number of Topliss-reactive ketones (excluding diaryl/α,β-unsaturated/α-hetero) is 1. The van der Waals surface area contributed by atoms with Crippen LogP contribution in [0.3, 0.4) is 0 Å². The first-order valence-electron chi connectivity index (χ1n) is 8.30. The molecule has 3 rings (SSSR count). The number of hydrogen-bond acceptors (Lipinski definition) is 4. The summed E-state index contributed by atoms with van der Waals surface area (Å²) < 4.78 is 0.